The van der Waals surface area contributed by atoms with E-state index in [0.717, 1.165) is 4.47 Å². The van der Waals surface area contributed by atoms with Crippen LogP contribution in [0.1, 0.15) is 15.9 Å². The lowest BCUT2D eigenvalue weighted by Gasteiger charge is -2.08. The Morgan fingerprint density at radius 2 is 1.81 bits per heavy atom. The lowest BCUT2D eigenvalue weighted by molar-refractivity contribution is 0.102. The molecule has 0 aliphatic carbocycles. The highest BCUT2D eigenvalue weighted by Crippen LogP contribution is 2.26. The monoisotopic (exact) mass is 367 g/mol. The molecule has 0 aromatic heterocycles. The largest absolute Gasteiger partial charge is 0.409 e. The summed E-state index contributed by atoms with van der Waals surface area (Å²) in [6.07, 6.45) is 0. The number of anilines is 1. The molecule has 5 nitrogen and oxygen atoms in total. The third-order valence-electron chi connectivity index (χ3n) is 2.73. The second-order valence-corrected chi connectivity index (χ2v) is 5.43. The van der Waals surface area contributed by atoms with Crippen LogP contribution in [-0.4, -0.2) is 17.0 Å². The molecule has 21 heavy (non-hydrogen) atoms. The highest BCUT2D eigenvalue weighted by atomic mass is 79.9. The van der Waals surface area contributed by atoms with Crippen molar-refractivity contribution >= 4 is 45.0 Å². The second kappa shape index (κ2) is 6.60. The Bertz CT molecular complexity index is 702. The molecular weight excluding hydrogens is 358 g/mol. The van der Waals surface area contributed by atoms with Gasteiger partial charge < -0.3 is 16.3 Å². The van der Waals surface area contributed by atoms with Crippen molar-refractivity contribution in [3.8, 4) is 0 Å². The van der Waals surface area contributed by atoms with E-state index in [1.54, 1.807) is 42.5 Å². The van der Waals surface area contributed by atoms with E-state index in [4.69, 9.17) is 22.5 Å². The SMILES string of the molecule is N/C(=N/O)c1ccc(C(=O)Nc2cc(Cl)ccc2Br)cc1. The summed E-state index contributed by atoms with van der Waals surface area (Å²) < 4.78 is 0.730. The molecular formula is C14H11BrClN3O2. The predicted octanol–water partition coefficient (Wildman–Crippen LogP) is 3.45. The Hall–Kier alpha value is -2.05. The molecule has 108 valence electrons. The fourth-order valence-corrected chi connectivity index (χ4v) is 2.16. The number of halogens is 2. The number of hydrogen-bond acceptors (Lipinski definition) is 3. The molecule has 0 radical (unpaired) electrons. The van der Waals surface area contributed by atoms with Gasteiger partial charge in [0.15, 0.2) is 5.84 Å². The zero-order chi connectivity index (χ0) is 15.4. The normalized spacial score (nSPS) is 11.2. The van der Waals surface area contributed by atoms with Crippen LogP contribution < -0.4 is 11.1 Å². The van der Waals surface area contributed by atoms with Gasteiger partial charge in [0.2, 0.25) is 0 Å². The van der Waals surface area contributed by atoms with Gasteiger partial charge in [0, 0.05) is 20.6 Å². The minimum atomic E-state index is -0.288. The first-order valence-corrected chi connectivity index (χ1v) is 7.02. The van der Waals surface area contributed by atoms with Gasteiger partial charge >= 0.3 is 0 Å². The summed E-state index contributed by atoms with van der Waals surface area (Å²) >= 11 is 9.23. The van der Waals surface area contributed by atoms with Crippen molar-refractivity contribution in [2.24, 2.45) is 10.9 Å². The maximum atomic E-state index is 12.1. The molecule has 0 spiro atoms. The number of carbonyl (C=O) groups is 1. The summed E-state index contributed by atoms with van der Waals surface area (Å²) in [6.45, 7) is 0. The first-order valence-electron chi connectivity index (χ1n) is 5.85. The van der Waals surface area contributed by atoms with Gasteiger partial charge in [-0.3, -0.25) is 4.79 Å². The van der Waals surface area contributed by atoms with Crippen LogP contribution in [0.25, 0.3) is 0 Å². The zero-order valence-electron chi connectivity index (χ0n) is 10.7. The van der Waals surface area contributed by atoms with Crippen LogP contribution in [-0.2, 0) is 0 Å². The van der Waals surface area contributed by atoms with E-state index in [1.165, 1.54) is 0 Å². The number of nitrogens with one attached hydrogen (secondary N) is 1. The Labute approximate surface area is 134 Å². The standard InChI is InChI=1S/C14H11BrClN3O2/c15-11-6-5-10(16)7-12(11)18-14(20)9-3-1-8(2-4-9)13(17)19-21/h1-7,21H,(H2,17,19)(H,18,20). The number of carbonyl (C=O) groups excluding carboxylic acids is 1. The van der Waals surface area contributed by atoms with E-state index in [2.05, 4.69) is 26.4 Å². The van der Waals surface area contributed by atoms with Gasteiger partial charge in [-0.2, -0.15) is 0 Å². The van der Waals surface area contributed by atoms with Crippen molar-refractivity contribution in [1.82, 2.24) is 0 Å². The maximum absolute atomic E-state index is 12.1. The van der Waals surface area contributed by atoms with Gasteiger partial charge in [0.05, 0.1) is 5.69 Å². The van der Waals surface area contributed by atoms with Crippen LogP contribution in [0.15, 0.2) is 52.1 Å². The van der Waals surface area contributed by atoms with Crippen LogP contribution in [0.5, 0.6) is 0 Å². The molecule has 0 aliphatic rings. The maximum Gasteiger partial charge on any atom is 0.255 e. The van der Waals surface area contributed by atoms with Gasteiger partial charge in [-0.25, -0.2) is 0 Å². The Morgan fingerprint density at radius 1 is 1.19 bits per heavy atom. The average Bonchev–Trinajstić information content (AvgIpc) is 2.50. The molecule has 0 unspecified atom stereocenters. The molecule has 4 N–H and O–H groups in total. The minimum Gasteiger partial charge on any atom is -0.409 e. The molecule has 0 saturated carbocycles. The third-order valence-corrected chi connectivity index (χ3v) is 3.65. The van der Waals surface area contributed by atoms with Crippen LogP contribution in [0.2, 0.25) is 5.02 Å². The second-order valence-electron chi connectivity index (χ2n) is 4.14. The number of oxime groups is 1. The molecule has 0 aliphatic heterocycles. The number of benzene rings is 2. The van der Waals surface area contributed by atoms with Crippen LogP contribution in [0, 0.1) is 0 Å². The van der Waals surface area contributed by atoms with E-state index in [-0.39, 0.29) is 11.7 Å². The Kier molecular flexibility index (Phi) is 4.82. The van der Waals surface area contributed by atoms with Crippen molar-refractivity contribution in [3.63, 3.8) is 0 Å². The smallest absolute Gasteiger partial charge is 0.255 e. The molecule has 2 aromatic carbocycles. The first-order chi connectivity index (χ1) is 10.0. The topological polar surface area (TPSA) is 87.7 Å². The fourth-order valence-electron chi connectivity index (χ4n) is 1.64. The molecule has 0 heterocycles. The number of amides is 1. The van der Waals surface area contributed by atoms with E-state index in [1.807, 2.05) is 0 Å². The Morgan fingerprint density at radius 3 is 2.43 bits per heavy atom. The molecule has 0 bridgehead atoms. The van der Waals surface area contributed by atoms with Crippen molar-refractivity contribution < 1.29 is 10.0 Å². The first kappa shape index (κ1) is 15.3. The highest BCUT2D eigenvalue weighted by molar-refractivity contribution is 9.10. The number of nitrogens with two attached hydrogens (primary N) is 1. The van der Waals surface area contributed by atoms with Gasteiger partial charge in [-0.05, 0) is 46.3 Å². The molecule has 1 amide bonds. The predicted molar refractivity (Wildman–Crippen MR) is 86.1 cm³/mol. The third kappa shape index (κ3) is 3.74. The van der Waals surface area contributed by atoms with Crippen molar-refractivity contribution in [1.29, 1.82) is 0 Å². The summed E-state index contributed by atoms with van der Waals surface area (Å²) in [4.78, 5) is 12.1. The zero-order valence-corrected chi connectivity index (χ0v) is 13.0. The van der Waals surface area contributed by atoms with Gasteiger partial charge in [-0.15, -0.1) is 0 Å². The summed E-state index contributed by atoms with van der Waals surface area (Å²) in [5.74, 6) is -0.302. The number of amidine groups is 1. The lowest BCUT2D eigenvalue weighted by Crippen LogP contribution is -2.15. The van der Waals surface area contributed by atoms with E-state index < -0.39 is 0 Å². The average molecular weight is 369 g/mol. The molecule has 0 atom stereocenters. The van der Waals surface area contributed by atoms with Gasteiger partial charge in [0.1, 0.15) is 0 Å². The van der Waals surface area contributed by atoms with Crippen LogP contribution in [0.4, 0.5) is 5.69 Å². The summed E-state index contributed by atoms with van der Waals surface area (Å²) in [6, 6.07) is 11.5. The highest BCUT2D eigenvalue weighted by Gasteiger charge is 2.09. The van der Waals surface area contributed by atoms with Crippen molar-refractivity contribution in [2.45, 2.75) is 0 Å². The Balaban J connectivity index is 2.19. The van der Waals surface area contributed by atoms with E-state index in [0.29, 0.717) is 21.8 Å². The lowest BCUT2D eigenvalue weighted by atomic mass is 10.1. The molecule has 2 aromatic rings. The number of hydrogen-bond donors (Lipinski definition) is 3. The van der Waals surface area contributed by atoms with Crippen LogP contribution in [0.3, 0.4) is 0 Å². The quantitative estimate of drug-likeness (QED) is 0.335. The minimum absolute atomic E-state index is 0.0143. The summed E-state index contributed by atoms with van der Waals surface area (Å²) in [7, 11) is 0. The summed E-state index contributed by atoms with van der Waals surface area (Å²) in [5.41, 5.74) is 7.00. The van der Waals surface area contributed by atoms with Crippen LogP contribution >= 0.6 is 27.5 Å². The number of nitrogens with zero attached hydrogens (tertiary/aromatic N) is 1. The number of rotatable bonds is 3. The van der Waals surface area contributed by atoms with Gasteiger partial charge in [-0.1, -0.05) is 28.9 Å². The van der Waals surface area contributed by atoms with E-state index >= 15 is 0 Å². The van der Waals surface area contributed by atoms with E-state index in [9.17, 15) is 4.79 Å². The molecule has 7 heteroatoms. The molecule has 0 fully saturated rings. The van der Waals surface area contributed by atoms with Gasteiger partial charge in [0.25, 0.3) is 5.91 Å². The van der Waals surface area contributed by atoms with Crippen molar-refractivity contribution in [2.75, 3.05) is 5.32 Å². The summed E-state index contributed by atoms with van der Waals surface area (Å²) in [5, 5.41) is 14.8. The molecule has 2 rings (SSSR count). The van der Waals surface area contributed by atoms with Crippen molar-refractivity contribution in [3.05, 3.63) is 63.1 Å². The molecule has 0 saturated heterocycles. The fraction of sp³-hybridized carbons (Fsp3) is 0.